The van der Waals surface area contributed by atoms with Gasteiger partial charge in [-0.05, 0) is 46.1 Å². The Morgan fingerprint density at radius 2 is 1.81 bits per heavy atom. The van der Waals surface area contributed by atoms with Crippen molar-refractivity contribution in [1.29, 1.82) is 0 Å². The maximum Gasteiger partial charge on any atom is 0.319 e. The van der Waals surface area contributed by atoms with Gasteiger partial charge in [-0.2, -0.15) is 0 Å². The zero-order valence-corrected chi connectivity index (χ0v) is 13.9. The topological polar surface area (TPSA) is 70.2 Å². The van der Waals surface area contributed by atoms with Crippen LogP contribution < -0.4 is 16.0 Å². The molecule has 0 aliphatic heterocycles. The third kappa shape index (κ3) is 6.08. The highest BCUT2D eigenvalue weighted by Crippen LogP contribution is 2.24. The molecule has 3 amide bonds. The van der Waals surface area contributed by atoms with Crippen molar-refractivity contribution in [2.45, 2.75) is 44.2 Å². The second-order valence-electron chi connectivity index (χ2n) is 5.76. The Kier molecular flexibility index (Phi) is 6.08. The van der Waals surface area contributed by atoms with Gasteiger partial charge >= 0.3 is 6.03 Å². The first-order valence-corrected chi connectivity index (χ1v) is 7.98. The number of carbonyl (C=O) groups excluding carboxylic acids is 2. The van der Waals surface area contributed by atoms with Crippen LogP contribution in [0, 0.1) is 0 Å². The first kappa shape index (κ1) is 17.4. The first-order chi connectivity index (χ1) is 9.73. The number of carbonyl (C=O) groups is 2. The zero-order valence-electron chi connectivity index (χ0n) is 13.1. The molecule has 116 valence electrons. The van der Waals surface area contributed by atoms with Crippen LogP contribution >= 0.6 is 11.8 Å². The molecule has 6 heteroatoms. The van der Waals surface area contributed by atoms with Crippen molar-refractivity contribution in [3.05, 3.63) is 24.3 Å². The fourth-order valence-corrected chi connectivity index (χ4v) is 2.20. The molecule has 0 aliphatic carbocycles. The van der Waals surface area contributed by atoms with Crippen molar-refractivity contribution < 1.29 is 9.59 Å². The fraction of sp³-hybridized carbons (Fsp3) is 0.467. The molecule has 0 fully saturated rings. The van der Waals surface area contributed by atoms with Crippen molar-refractivity contribution in [2.75, 3.05) is 11.6 Å². The minimum Gasteiger partial charge on any atom is -0.350 e. The largest absolute Gasteiger partial charge is 0.350 e. The van der Waals surface area contributed by atoms with Gasteiger partial charge in [0.1, 0.15) is 6.04 Å². The number of hydrogen-bond donors (Lipinski definition) is 3. The first-order valence-electron chi connectivity index (χ1n) is 6.75. The van der Waals surface area contributed by atoms with Crippen LogP contribution in [0.25, 0.3) is 0 Å². The van der Waals surface area contributed by atoms with Gasteiger partial charge in [0.2, 0.25) is 5.91 Å². The highest BCUT2D eigenvalue weighted by atomic mass is 32.2. The molecular weight excluding hydrogens is 286 g/mol. The van der Waals surface area contributed by atoms with Gasteiger partial charge in [0.25, 0.3) is 0 Å². The van der Waals surface area contributed by atoms with Gasteiger partial charge in [-0.25, -0.2) is 4.79 Å². The Morgan fingerprint density at radius 1 is 1.19 bits per heavy atom. The van der Waals surface area contributed by atoms with Gasteiger partial charge in [0, 0.05) is 10.4 Å². The molecule has 1 atom stereocenters. The lowest BCUT2D eigenvalue weighted by atomic mass is 10.1. The average molecular weight is 309 g/mol. The average Bonchev–Trinajstić information content (AvgIpc) is 2.37. The summed E-state index contributed by atoms with van der Waals surface area (Å²) in [4.78, 5) is 24.8. The van der Waals surface area contributed by atoms with Gasteiger partial charge in [-0.1, -0.05) is 12.1 Å². The monoisotopic (exact) mass is 309 g/mol. The molecule has 5 nitrogen and oxygen atoms in total. The van der Waals surface area contributed by atoms with Crippen LogP contribution in [0.1, 0.15) is 27.7 Å². The van der Waals surface area contributed by atoms with E-state index >= 15 is 0 Å². The number of thioether (sulfide) groups is 1. The zero-order chi connectivity index (χ0) is 16.0. The lowest BCUT2D eigenvalue weighted by Crippen LogP contribution is -2.51. The van der Waals surface area contributed by atoms with Crippen molar-refractivity contribution >= 4 is 29.4 Å². The Hall–Kier alpha value is -1.69. The Bertz CT molecular complexity index is 512. The van der Waals surface area contributed by atoms with Gasteiger partial charge in [0.05, 0.1) is 5.69 Å². The summed E-state index contributed by atoms with van der Waals surface area (Å²) in [6.07, 6.45) is 1.94. The van der Waals surface area contributed by atoms with Gasteiger partial charge in [-0.3, -0.25) is 4.79 Å². The van der Waals surface area contributed by atoms with Gasteiger partial charge in [0.15, 0.2) is 0 Å². The summed E-state index contributed by atoms with van der Waals surface area (Å²) in [6, 6.07) is 6.51. The second kappa shape index (κ2) is 7.36. The fourth-order valence-electron chi connectivity index (χ4n) is 1.65. The van der Waals surface area contributed by atoms with Crippen LogP contribution in [-0.4, -0.2) is 29.8 Å². The van der Waals surface area contributed by atoms with Crippen LogP contribution in [0.5, 0.6) is 0 Å². The molecule has 0 spiro atoms. The SMILES string of the molecule is CSc1ccccc1NC(=O)N[C@@H](C)C(=O)NC(C)(C)C. The summed E-state index contributed by atoms with van der Waals surface area (Å²) in [5.74, 6) is -0.212. The number of hydrogen-bond acceptors (Lipinski definition) is 3. The van der Waals surface area contributed by atoms with E-state index in [1.807, 2.05) is 51.3 Å². The smallest absolute Gasteiger partial charge is 0.319 e. The predicted molar refractivity (Wildman–Crippen MR) is 87.7 cm³/mol. The molecule has 0 saturated heterocycles. The molecule has 1 rings (SSSR count). The Labute approximate surface area is 130 Å². The van der Waals surface area contributed by atoms with Crippen LogP contribution in [0.4, 0.5) is 10.5 Å². The van der Waals surface area contributed by atoms with E-state index in [1.165, 1.54) is 0 Å². The van der Waals surface area contributed by atoms with Crippen molar-refractivity contribution in [3.63, 3.8) is 0 Å². The molecule has 0 aliphatic rings. The highest BCUT2D eigenvalue weighted by molar-refractivity contribution is 7.98. The van der Waals surface area contributed by atoms with Crippen LogP contribution in [0.3, 0.4) is 0 Å². The normalized spacial score (nSPS) is 12.4. The molecule has 1 aromatic rings. The quantitative estimate of drug-likeness (QED) is 0.749. The third-order valence-electron chi connectivity index (χ3n) is 2.59. The van der Waals surface area contributed by atoms with E-state index in [1.54, 1.807) is 18.7 Å². The molecule has 0 radical (unpaired) electrons. The van der Waals surface area contributed by atoms with Crippen LogP contribution in [0.15, 0.2) is 29.2 Å². The van der Waals surface area contributed by atoms with E-state index in [9.17, 15) is 9.59 Å². The Balaban J connectivity index is 2.59. The summed E-state index contributed by atoms with van der Waals surface area (Å²) in [5.41, 5.74) is 0.403. The van der Waals surface area contributed by atoms with Crippen molar-refractivity contribution in [2.24, 2.45) is 0 Å². The minimum atomic E-state index is -0.606. The molecule has 3 N–H and O–H groups in total. The molecule has 0 aromatic heterocycles. The van der Waals surface area contributed by atoms with Crippen molar-refractivity contribution in [1.82, 2.24) is 10.6 Å². The highest BCUT2D eigenvalue weighted by Gasteiger charge is 2.20. The maximum absolute atomic E-state index is 11.9. The molecule has 0 heterocycles. The number of benzene rings is 1. The van der Waals surface area contributed by atoms with Crippen molar-refractivity contribution in [3.8, 4) is 0 Å². The van der Waals surface area contributed by atoms with E-state index in [0.717, 1.165) is 10.6 Å². The number of urea groups is 1. The molecule has 0 unspecified atom stereocenters. The maximum atomic E-state index is 11.9. The standard InChI is InChI=1S/C15H23N3O2S/c1-10(13(19)18-15(2,3)4)16-14(20)17-11-8-6-7-9-12(11)21-5/h6-10H,1-5H3,(H,18,19)(H2,16,17,20)/t10-/m0/s1. The predicted octanol–water partition coefficient (Wildman–Crippen LogP) is 2.83. The lowest BCUT2D eigenvalue weighted by molar-refractivity contribution is -0.123. The summed E-state index contributed by atoms with van der Waals surface area (Å²) < 4.78 is 0. The number of para-hydroxylation sites is 1. The van der Waals surface area contributed by atoms with Crippen LogP contribution in [0.2, 0.25) is 0 Å². The number of anilines is 1. The van der Waals surface area contributed by atoms with E-state index < -0.39 is 12.1 Å². The molecule has 0 bridgehead atoms. The van der Waals surface area contributed by atoms with Gasteiger partial charge < -0.3 is 16.0 Å². The Morgan fingerprint density at radius 3 is 2.38 bits per heavy atom. The van der Waals surface area contributed by atoms with E-state index in [2.05, 4.69) is 16.0 Å². The lowest BCUT2D eigenvalue weighted by Gasteiger charge is -2.23. The summed E-state index contributed by atoms with van der Waals surface area (Å²) in [6.45, 7) is 7.34. The van der Waals surface area contributed by atoms with E-state index in [-0.39, 0.29) is 11.4 Å². The van der Waals surface area contributed by atoms with E-state index in [4.69, 9.17) is 0 Å². The molecule has 1 aromatic carbocycles. The molecule has 21 heavy (non-hydrogen) atoms. The minimum absolute atomic E-state index is 0.212. The summed E-state index contributed by atoms with van der Waals surface area (Å²) in [5, 5.41) is 8.21. The molecule has 0 saturated carbocycles. The second-order valence-corrected chi connectivity index (χ2v) is 6.61. The van der Waals surface area contributed by atoms with Crippen LogP contribution in [-0.2, 0) is 4.79 Å². The number of nitrogens with one attached hydrogen (secondary N) is 3. The number of amides is 3. The summed E-state index contributed by atoms with van der Waals surface area (Å²) >= 11 is 1.55. The molecular formula is C15H23N3O2S. The van der Waals surface area contributed by atoms with E-state index in [0.29, 0.717) is 0 Å². The number of rotatable bonds is 4. The van der Waals surface area contributed by atoms with Gasteiger partial charge in [-0.15, -0.1) is 11.8 Å². The third-order valence-corrected chi connectivity index (χ3v) is 3.39. The summed E-state index contributed by atoms with van der Waals surface area (Å²) in [7, 11) is 0.